The average molecular weight is 300 g/mol. The van der Waals surface area contributed by atoms with E-state index in [1.807, 2.05) is 0 Å². The summed E-state index contributed by atoms with van der Waals surface area (Å²) < 4.78 is 9.82. The van der Waals surface area contributed by atoms with Crippen molar-refractivity contribution in [2.24, 2.45) is 0 Å². The molecule has 0 bridgehead atoms. The average Bonchev–Trinajstić information content (AvgIpc) is 2.32. The molecule has 106 valence electrons. The maximum Gasteiger partial charge on any atom is 0.254 e. The van der Waals surface area contributed by atoms with E-state index < -0.39 is 36.1 Å². The van der Waals surface area contributed by atoms with Crippen LogP contribution in [0.3, 0.4) is 0 Å². The van der Waals surface area contributed by atoms with Gasteiger partial charge in [-0.3, -0.25) is 0 Å². The van der Waals surface area contributed by atoms with Crippen molar-refractivity contribution < 1.29 is 35.0 Å². The lowest BCUT2D eigenvalue weighted by Crippen LogP contribution is -2.64. The summed E-state index contributed by atoms with van der Waals surface area (Å²) in [5.74, 6) is 0. The molecule has 0 amide bonds. The van der Waals surface area contributed by atoms with Crippen LogP contribution in [-0.2, 0) is 9.47 Å². The molecule has 1 unspecified atom stereocenters. The SMILES string of the molecule is CCOC(=S)SC1(O)O[C@H](CO)[C@@H](O)[C@H](O)[C@H]1O. The van der Waals surface area contributed by atoms with Gasteiger partial charge in [0.2, 0.25) is 4.38 Å². The van der Waals surface area contributed by atoms with E-state index >= 15 is 0 Å². The van der Waals surface area contributed by atoms with Gasteiger partial charge in [-0.1, -0.05) is 0 Å². The minimum atomic E-state index is -2.28. The number of aliphatic hydroxyl groups is 5. The third-order valence-electron chi connectivity index (χ3n) is 2.42. The van der Waals surface area contributed by atoms with Crippen LogP contribution in [0.1, 0.15) is 6.92 Å². The largest absolute Gasteiger partial charge is 0.479 e. The summed E-state index contributed by atoms with van der Waals surface area (Å²) in [5.41, 5.74) is 0. The van der Waals surface area contributed by atoms with Crippen LogP contribution in [0.5, 0.6) is 0 Å². The summed E-state index contributed by atoms with van der Waals surface area (Å²) in [6, 6.07) is 0. The Balaban J connectivity index is 2.81. The molecule has 0 saturated carbocycles. The highest BCUT2D eigenvalue weighted by molar-refractivity contribution is 8.23. The van der Waals surface area contributed by atoms with Crippen molar-refractivity contribution in [1.29, 1.82) is 0 Å². The quantitative estimate of drug-likeness (QED) is 0.302. The number of rotatable bonds is 3. The summed E-state index contributed by atoms with van der Waals surface area (Å²) in [6.07, 6.45) is -6.20. The fraction of sp³-hybridized carbons (Fsp3) is 0.889. The van der Waals surface area contributed by atoms with Gasteiger partial charge in [0.1, 0.15) is 24.4 Å². The number of hydrogen-bond acceptors (Lipinski definition) is 9. The van der Waals surface area contributed by atoms with E-state index in [9.17, 15) is 20.4 Å². The Labute approximate surface area is 113 Å². The molecule has 0 aliphatic carbocycles. The molecule has 1 aliphatic heterocycles. The first kappa shape index (κ1) is 16.1. The van der Waals surface area contributed by atoms with E-state index in [0.29, 0.717) is 11.8 Å². The molecule has 1 saturated heterocycles. The van der Waals surface area contributed by atoms with Crippen LogP contribution in [0.25, 0.3) is 0 Å². The molecule has 5 atom stereocenters. The molecule has 1 rings (SSSR count). The molecular weight excluding hydrogens is 284 g/mol. The number of hydrogen-bond donors (Lipinski definition) is 5. The lowest BCUT2D eigenvalue weighted by molar-refractivity contribution is -0.305. The van der Waals surface area contributed by atoms with E-state index in [1.54, 1.807) is 6.92 Å². The minimum Gasteiger partial charge on any atom is -0.479 e. The van der Waals surface area contributed by atoms with Crippen LogP contribution >= 0.6 is 24.0 Å². The summed E-state index contributed by atoms with van der Waals surface area (Å²) in [6.45, 7) is 1.33. The number of aliphatic hydroxyl groups excluding tert-OH is 4. The first-order chi connectivity index (χ1) is 8.35. The third-order valence-corrected chi connectivity index (χ3v) is 3.70. The molecule has 0 aromatic heterocycles. The molecule has 0 aromatic carbocycles. The summed E-state index contributed by atoms with van der Waals surface area (Å²) in [7, 11) is 0. The van der Waals surface area contributed by atoms with Crippen molar-refractivity contribution in [3.63, 3.8) is 0 Å². The molecule has 18 heavy (non-hydrogen) atoms. The lowest BCUT2D eigenvalue weighted by atomic mass is 9.99. The highest BCUT2D eigenvalue weighted by Crippen LogP contribution is 2.37. The fourth-order valence-electron chi connectivity index (χ4n) is 1.48. The van der Waals surface area contributed by atoms with Crippen LogP contribution in [0.15, 0.2) is 0 Å². The van der Waals surface area contributed by atoms with Gasteiger partial charge in [-0.15, -0.1) is 0 Å². The van der Waals surface area contributed by atoms with E-state index in [-0.39, 0.29) is 11.0 Å². The Bertz CT molecular complexity index is 301. The molecule has 1 fully saturated rings. The number of thiocarbonyl (C=S) groups is 1. The normalized spacial score (nSPS) is 40.6. The van der Waals surface area contributed by atoms with Gasteiger partial charge in [0.05, 0.1) is 13.2 Å². The summed E-state index contributed by atoms with van der Waals surface area (Å²) >= 11 is 5.28. The second kappa shape index (κ2) is 6.44. The van der Waals surface area contributed by atoms with Crippen molar-refractivity contribution in [3.05, 3.63) is 0 Å². The topological polar surface area (TPSA) is 120 Å². The highest BCUT2D eigenvalue weighted by atomic mass is 32.2. The van der Waals surface area contributed by atoms with Gasteiger partial charge in [-0.25, -0.2) is 0 Å². The lowest BCUT2D eigenvalue weighted by Gasteiger charge is -2.44. The van der Waals surface area contributed by atoms with Crippen LogP contribution in [-0.4, -0.2) is 72.7 Å². The van der Waals surface area contributed by atoms with Gasteiger partial charge in [0, 0.05) is 0 Å². The number of ether oxygens (including phenoxy) is 2. The molecule has 1 aliphatic rings. The fourth-order valence-corrected chi connectivity index (χ4v) is 2.80. The predicted octanol–water partition coefficient (Wildman–Crippen LogP) is -1.84. The summed E-state index contributed by atoms with van der Waals surface area (Å²) in [5, 5.41) is 45.5. The molecule has 5 N–H and O–H groups in total. The van der Waals surface area contributed by atoms with Gasteiger partial charge in [-0.2, -0.15) is 0 Å². The number of thioether (sulfide) groups is 1. The Morgan fingerprint density at radius 2 is 2.00 bits per heavy atom. The smallest absolute Gasteiger partial charge is 0.254 e. The molecule has 9 heteroatoms. The zero-order valence-electron chi connectivity index (χ0n) is 9.59. The maximum absolute atomic E-state index is 10.1. The zero-order valence-corrected chi connectivity index (χ0v) is 11.2. The second-order valence-corrected chi connectivity index (χ2v) is 5.47. The van der Waals surface area contributed by atoms with Crippen LogP contribution in [0.2, 0.25) is 0 Å². The zero-order chi connectivity index (χ0) is 13.9. The molecular formula is C9H16O7S2. The Hall–Kier alpha value is -0.0000000000000000694. The van der Waals surface area contributed by atoms with Crippen molar-refractivity contribution in [1.82, 2.24) is 0 Å². The van der Waals surface area contributed by atoms with E-state index in [4.69, 9.17) is 26.8 Å². The minimum absolute atomic E-state index is 0.0840. The standard InChI is InChI=1S/C9H16O7S2/c1-2-15-8(17)18-9(14)7(13)6(12)5(11)4(3-10)16-9/h4-7,10-14H,2-3H2,1H3/t4-,5-,6+,7-,9?/m1/s1. The Morgan fingerprint density at radius 1 is 1.39 bits per heavy atom. The van der Waals surface area contributed by atoms with Crippen molar-refractivity contribution in [2.45, 2.75) is 36.5 Å². The highest BCUT2D eigenvalue weighted by Gasteiger charge is 2.54. The molecule has 1 heterocycles. The predicted molar refractivity (Wildman–Crippen MR) is 66.7 cm³/mol. The second-order valence-electron chi connectivity index (χ2n) is 3.68. The van der Waals surface area contributed by atoms with Crippen molar-refractivity contribution in [2.75, 3.05) is 13.2 Å². The van der Waals surface area contributed by atoms with Gasteiger partial charge in [0.15, 0.2) is 0 Å². The van der Waals surface area contributed by atoms with E-state index in [2.05, 4.69) is 0 Å². The van der Waals surface area contributed by atoms with Crippen LogP contribution < -0.4 is 0 Å². The first-order valence-corrected chi connectivity index (χ1v) is 6.49. The van der Waals surface area contributed by atoms with Crippen LogP contribution in [0, 0.1) is 0 Å². The Morgan fingerprint density at radius 3 is 2.50 bits per heavy atom. The third kappa shape index (κ3) is 3.31. The van der Waals surface area contributed by atoms with E-state index in [1.165, 1.54) is 0 Å². The van der Waals surface area contributed by atoms with Crippen molar-refractivity contribution >= 4 is 28.4 Å². The monoisotopic (exact) mass is 300 g/mol. The van der Waals surface area contributed by atoms with Gasteiger partial charge < -0.3 is 35.0 Å². The van der Waals surface area contributed by atoms with Crippen molar-refractivity contribution in [3.8, 4) is 0 Å². The molecule has 7 nitrogen and oxygen atoms in total. The summed E-state index contributed by atoms with van der Waals surface area (Å²) in [4.78, 5) is 0. The molecule has 0 radical (unpaired) electrons. The molecule has 0 spiro atoms. The van der Waals surface area contributed by atoms with Crippen LogP contribution in [0.4, 0.5) is 0 Å². The van der Waals surface area contributed by atoms with E-state index in [0.717, 1.165) is 0 Å². The molecule has 0 aromatic rings. The first-order valence-electron chi connectivity index (χ1n) is 5.26. The van der Waals surface area contributed by atoms with Gasteiger partial charge >= 0.3 is 0 Å². The van der Waals surface area contributed by atoms with Gasteiger partial charge in [0.25, 0.3) is 5.12 Å². The van der Waals surface area contributed by atoms with Gasteiger partial charge in [-0.05, 0) is 30.9 Å². The maximum atomic E-state index is 10.1. The Kier molecular flexibility index (Phi) is 5.74.